The predicted octanol–water partition coefficient (Wildman–Crippen LogP) is 1.54. The minimum atomic E-state index is -0.427. The van der Waals surface area contributed by atoms with Crippen molar-refractivity contribution in [2.24, 2.45) is 0 Å². The molecule has 0 aliphatic carbocycles. The van der Waals surface area contributed by atoms with Gasteiger partial charge >= 0.3 is 0 Å². The number of nitro groups is 1. The van der Waals surface area contributed by atoms with Gasteiger partial charge in [-0.2, -0.15) is 10.2 Å². The molecule has 1 heterocycles. The van der Waals surface area contributed by atoms with Crippen molar-refractivity contribution in [3.05, 3.63) is 40.7 Å². The highest BCUT2D eigenvalue weighted by Gasteiger charge is 2.10. The van der Waals surface area contributed by atoms with E-state index in [2.05, 4.69) is 10.2 Å². The molecule has 64 valence electrons. The van der Waals surface area contributed by atoms with Crippen LogP contribution in [0.25, 0.3) is 10.8 Å². The van der Waals surface area contributed by atoms with Crippen LogP contribution in [0.15, 0.2) is 30.6 Å². The first kappa shape index (κ1) is 7.60. The molecule has 5 nitrogen and oxygen atoms in total. The van der Waals surface area contributed by atoms with Crippen molar-refractivity contribution >= 4 is 16.5 Å². The molecule has 1 aromatic carbocycles. The van der Waals surface area contributed by atoms with Gasteiger partial charge in [0.2, 0.25) is 0 Å². The smallest absolute Gasteiger partial charge is 0.258 e. The van der Waals surface area contributed by atoms with Crippen molar-refractivity contribution in [2.75, 3.05) is 0 Å². The van der Waals surface area contributed by atoms with Crippen LogP contribution in [0.4, 0.5) is 5.69 Å². The van der Waals surface area contributed by atoms with Gasteiger partial charge < -0.3 is 0 Å². The molecule has 1 aromatic heterocycles. The van der Waals surface area contributed by atoms with Gasteiger partial charge in [-0.15, -0.1) is 0 Å². The molecule has 0 radical (unpaired) electrons. The number of aromatic nitrogens is 2. The number of rotatable bonds is 1. The van der Waals surface area contributed by atoms with Crippen molar-refractivity contribution in [2.45, 2.75) is 0 Å². The molecule has 2 aromatic rings. The molecular weight excluding hydrogens is 170 g/mol. The molecular formula is C8H5N3O2. The maximum atomic E-state index is 10.6. The summed E-state index contributed by atoms with van der Waals surface area (Å²) in [6.07, 6.45) is 2.90. The number of nitrogens with zero attached hydrogens (tertiary/aromatic N) is 3. The SMILES string of the molecule is O=[N+]([O-])c1cccc2cnncc12. The molecule has 0 bridgehead atoms. The Hall–Kier alpha value is -2.04. The van der Waals surface area contributed by atoms with Gasteiger partial charge in [-0.05, 0) is 0 Å². The molecule has 0 fully saturated rings. The summed E-state index contributed by atoms with van der Waals surface area (Å²) in [5.41, 5.74) is 0.0624. The Morgan fingerprint density at radius 1 is 1.23 bits per heavy atom. The topological polar surface area (TPSA) is 68.9 Å². The van der Waals surface area contributed by atoms with Crippen molar-refractivity contribution < 1.29 is 4.92 Å². The van der Waals surface area contributed by atoms with E-state index >= 15 is 0 Å². The van der Waals surface area contributed by atoms with Gasteiger partial charge in [0.15, 0.2) is 0 Å². The van der Waals surface area contributed by atoms with E-state index in [0.29, 0.717) is 5.39 Å². The summed E-state index contributed by atoms with van der Waals surface area (Å²) in [6.45, 7) is 0. The molecule has 0 saturated heterocycles. The van der Waals surface area contributed by atoms with Crippen LogP contribution in [0, 0.1) is 10.1 Å². The maximum absolute atomic E-state index is 10.6. The standard InChI is InChI=1S/C8H5N3O2/c12-11(13)8-3-1-2-6-4-9-10-5-7(6)8/h1-5H. The molecule has 0 atom stereocenters. The third-order valence-electron chi connectivity index (χ3n) is 1.76. The average molecular weight is 175 g/mol. The molecule has 0 amide bonds. The Morgan fingerprint density at radius 2 is 2.00 bits per heavy atom. The lowest BCUT2D eigenvalue weighted by molar-refractivity contribution is -0.383. The molecule has 0 spiro atoms. The summed E-state index contributed by atoms with van der Waals surface area (Å²) < 4.78 is 0. The average Bonchev–Trinajstić information content (AvgIpc) is 2.17. The Kier molecular flexibility index (Phi) is 1.63. The van der Waals surface area contributed by atoms with Crippen LogP contribution in [0.3, 0.4) is 0 Å². The van der Waals surface area contributed by atoms with Crippen LogP contribution in [-0.4, -0.2) is 15.1 Å². The van der Waals surface area contributed by atoms with Crippen molar-refractivity contribution in [3.63, 3.8) is 0 Å². The summed E-state index contributed by atoms with van der Waals surface area (Å²) >= 11 is 0. The van der Waals surface area contributed by atoms with Crippen molar-refractivity contribution in [3.8, 4) is 0 Å². The second-order valence-electron chi connectivity index (χ2n) is 2.53. The van der Waals surface area contributed by atoms with E-state index < -0.39 is 4.92 Å². The zero-order chi connectivity index (χ0) is 9.26. The van der Waals surface area contributed by atoms with Crippen LogP contribution in [0.5, 0.6) is 0 Å². The van der Waals surface area contributed by atoms with Crippen LogP contribution in [0.1, 0.15) is 0 Å². The van der Waals surface area contributed by atoms with E-state index in [9.17, 15) is 10.1 Å². The lowest BCUT2D eigenvalue weighted by Crippen LogP contribution is -1.90. The van der Waals surface area contributed by atoms with E-state index in [-0.39, 0.29) is 5.69 Å². The van der Waals surface area contributed by atoms with Gasteiger partial charge in [-0.25, -0.2) is 0 Å². The van der Waals surface area contributed by atoms with Crippen LogP contribution in [0.2, 0.25) is 0 Å². The third-order valence-corrected chi connectivity index (χ3v) is 1.76. The monoisotopic (exact) mass is 175 g/mol. The van der Waals surface area contributed by atoms with Crippen LogP contribution >= 0.6 is 0 Å². The van der Waals surface area contributed by atoms with Gasteiger partial charge in [0.1, 0.15) is 0 Å². The van der Waals surface area contributed by atoms with Gasteiger partial charge in [0.25, 0.3) is 5.69 Å². The molecule has 0 saturated carbocycles. The van der Waals surface area contributed by atoms with Gasteiger partial charge in [-0.1, -0.05) is 12.1 Å². The Labute approximate surface area is 73.2 Å². The first-order valence-electron chi connectivity index (χ1n) is 3.63. The number of hydrogen-bond acceptors (Lipinski definition) is 4. The summed E-state index contributed by atoms with van der Waals surface area (Å²) in [4.78, 5) is 10.1. The second-order valence-corrected chi connectivity index (χ2v) is 2.53. The van der Waals surface area contributed by atoms with Crippen LogP contribution in [-0.2, 0) is 0 Å². The minimum Gasteiger partial charge on any atom is -0.258 e. The number of hydrogen-bond donors (Lipinski definition) is 0. The molecule has 13 heavy (non-hydrogen) atoms. The summed E-state index contributed by atoms with van der Waals surface area (Å²) in [5, 5.41) is 19.1. The lowest BCUT2D eigenvalue weighted by atomic mass is 10.2. The first-order chi connectivity index (χ1) is 6.29. The lowest BCUT2D eigenvalue weighted by Gasteiger charge is -1.95. The minimum absolute atomic E-state index is 0.0624. The maximum Gasteiger partial charge on any atom is 0.278 e. The van der Waals surface area contributed by atoms with E-state index in [1.54, 1.807) is 12.1 Å². The summed E-state index contributed by atoms with van der Waals surface area (Å²) in [6, 6.07) is 4.84. The van der Waals surface area contributed by atoms with Crippen LogP contribution < -0.4 is 0 Å². The van der Waals surface area contributed by atoms with Gasteiger partial charge in [0, 0.05) is 11.5 Å². The number of non-ortho nitro benzene ring substituents is 1. The molecule has 5 heteroatoms. The van der Waals surface area contributed by atoms with E-state index in [1.807, 2.05) is 0 Å². The van der Waals surface area contributed by atoms with E-state index in [1.165, 1.54) is 18.5 Å². The second kappa shape index (κ2) is 2.78. The zero-order valence-corrected chi connectivity index (χ0v) is 6.54. The largest absolute Gasteiger partial charge is 0.278 e. The highest BCUT2D eigenvalue weighted by molar-refractivity contribution is 5.89. The summed E-state index contributed by atoms with van der Waals surface area (Å²) in [5.74, 6) is 0. The highest BCUT2D eigenvalue weighted by Crippen LogP contribution is 2.22. The van der Waals surface area contributed by atoms with E-state index in [0.717, 1.165) is 5.39 Å². The fourth-order valence-corrected chi connectivity index (χ4v) is 1.17. The zero-order valence-electron chi connectivity index (χ0n) is 6.54. The first-order valence-corrected chi connectivity index (χ1v) is 3.63. The Bertz CT molecular complexity index is 464. The number of fused-ring (bicyclic) bond motifs is 1. The third kappa shape index (κ3) is 1.20. The Balaban J connectivity index is 2.83. The quantitative estimate of drug-likeness (QED) is 0.487. The molecule has 0 unspecified atom stereocenters. The van der Waals surface area contributed by atoms with E-state index in [4.69, 9.17) is 0 Å². The molecule has 2 rings (SSSR count). The van der Waals surface area contributed by atoms with Crippen molar-refractivity contribution in [1.29, 1.82) is 0 Å². The Morgan fingerprint density at radius 3 is 2.77 bits per heavy atom. The van der Waals surface area contributed by atoms with Gasteiger partial charge in [0.05, 0.1) is 22.7 Å². The highest BCUT2D eigenvalue weighted by atomic mass is 16.6. The van der Waals surface area contributed by atoms with Gasteiger partial charge in [-0.3, -0.25) is 10.1 Å². The fourth-order valence-electron chi connectivity index (χ4n) is 1.17. The molecule has 0 aliphatic rings. The molecule has 0 aliphatic heterocycles. The number of nitro benzene ring substituents is 1. The van der Waals surface area contributed by atoms with Crippen molar-refractivity contribution in [1.82, 2.24) is 10.2 Å². The predicted molar refractivity (Wildman–Crippen MR) is 46.2 cm³/mol. The number of benzene rings is 1. The summed E-state index contributed by atoms with van der Waals surface area (Å²) in [7, 11) is 0. The normalized spacial score (nSPS) is 10.2. The fraction of sp³-hybridized carbons (Fsp3) is 0. The molecule has 0 N–H and O–H groups in total.